The molecule has 1 aromatic heterocycles. The number of hydrogen-bond acceptors (Lipinski definition) is 4. The van der Waals surface area contributed by atoms with Crippen molar-refractivity contribution < 1.29 is 13.2 Å². The maximum atomic E-state index is 11.7. The van der Waals surface area contributed by atoms with Gasteiger partial charge < -0.3 is 15.0 Å². The van der Waals surface area contributed by atoms with E-state index in [-0.39, 0.29) is 10.9 Å². The molecule has 6 nitrogen and oxygen atoms in total. The number of sulfonamides is 1. The van der Waals surface area contributed by atoms with E-state index in [0.29, 0.717) is 19.8 Å². The fraction of sp³-hybridized carbons (Fsp3) is 0.556. The van der Waals surface area contributed by atoms with Crippen LogP contribution in [0.15, 0.2) is 23.4 Å². The fourth-order valence-corrected chi connectivity index (χ4v) is 2.58. The maximum absolute atomic E-state index is 11.7. The third kappa shape index (κ3) is 2.82. The Morgan fingerprint density at radius 2 is 2.44 bits per heavy atom. The molecular weight excluding hydrogens is 230 g/mol. The van der Waals surface area contributed by atoms with Gasteiger partial charge in [0.1, 0.15) is 0 Å². The second kappa shape index (κ2) is 4.96. The van der Waals surface area contributed by atoms with E-state index in [1.165, 1.54) is 12.3 Å². The third-order valence-electron chi connectivity index (χ3n) is 2.40. The van der Waals surface area contributed by atoms with Crippen molar-refractivity contribution in [2.24, 2.45) is 0 Å². The molecule has 1 aliphatic heterocycles. The quantitative estimate of drug-likeness (QED) is 0.654. The van der Waals surface area contributed by atoms with Crippen molar-refractivity contribution in [1.29, 1.82) is 0 Å². The Hall–Kier alpha value is -0.890. The maximum Gasteiger partial charge on any atom is 0.242 e. The van der Waals surface area contributed by atoms with Gasteiger partial charge in [-0.15, -0.1) is 0 Å². The number of aromatic nitrogens is 1. The summed E-state index contributed by atoms with van der Waals surface area (Å²) in [4.78, 5) is 2.97. The summed E-state index contributed by atoms with van der Waals surface area (Å²) in [5.74, 6) is 0. The molecule has 1 atom stereocenters. The molecule has 7 heteroatoms. The molecule has 0 bridgehead atoms. The molecule has 3 N–H and O–H groups in total. The largest absolute Gasteiger partial charge is 0.378 e. The Bertz CT molecular complexity index is 409. The lowest BCUT2D eigenvalue weighted by Crippen LogP contribution is -2.48. The first-order chi connectivity index (χ1) is 7.68. The van der Waals surface area contributed by atoms with E-state index in [4.69, 9.17) is 4.74 Å². The molecule has 90 valence electrons. The predicted octanol–water partition coefficient (Wildman–Crippen LogP) is -0.719. The summed E-state index contributed by atoms with van der Waals surface area (Å²) in [6.07, 6.45) is 3.03. The molecule has 1 saturated heterocycles. The van der Waals surface area contributed by atoms with Gasteiger partial charge in [0.25, 0.3) is 0 Å². The second-order valence-corrected chi connectivity index (χ2v) is 5.39. The summed E-state index contributed by atoms with van der Waals surface area (Å²) in [6.45, 7) is 2.32. The van der Waals surface area contributed by atoms with Crippen LogP contribution < -0.4 is 10.0 Å². The number of H-pyrrole nitrogens is 1. The lowest BCUT2D eigenvalue weighted by molar-refractivity contribution is 0.0784. The van der Waals surface area contributed by atoms with Gasteiger partial charge in [-0.1, -0.05) is 0 Å². The van der Waals surface area contributed by atoms with Gasteiger partial charge in [0.2, 0.25) is 10.0 Å². The van der Waals surface area contributed by atoms with Crippen LogP contribution >= 0.6 is 0 Å². The molecule has 0 aliphatic carbocycles. The van der Waals surface area contributed by atoms with Crippen LogP contribution in [0.2, 0.25) is 0 Å². The van der Waals surface area contributed by atoms with Crippen LogP contribution in [0.25, 0.3) is 0 Å². The van der Waals surface area contributed by atoms with Gasteiger partial charge in [-0.3, -0.25) is 0 Å². The van der Waals surface area contributed by atoms with Gasteiger partial charge in [0.15, 0.2) is 0 Å². The molecule has 1 unspecified atom stereocenters. The molecule has 1 fully saturated rings. The summed E-state index contributed by atoms with van der Waals surface area (Å²) in [7, 11) is -3.39. The molecule has 0 amide bonds. The van der Waals surface area contributed by atoms with E-state index in [1.54, 1.807) is 6.20 Å². The zero-order chi connectivity index (χ0) is 11.4. The summed E-state index contributed by atoms with van der Waals surface area (Å²) in [6, 6.07) is 1.56. The molecule has 2 rings (SSSR count). The van der Waals surface area contributed by atoms with E-state index in [1.807, 2.05) is 0 Å². The van der Waals surface area contributed by atoms with E-state index in [0.717, 1.165) is 6.54 Å². The highest BCUT2D eigenvalue weighted by Gasteiger charge is 2.18. The van der Waals surface area contributed by atoms with Crippen molar-refractivity contribution in [2.45, 2.75) is 10.9 Å². The lowest BCUT2D eigenvalue weighted by Gasteiger charge is -2.23. The number of ether oxygens (including phenoxy) is 1. The van der Waals surface area contributed by atoms with E-state index >= 15 is 0 Å². The zero-order valence-electron chi connectivity index (χ0n) is 8.77. The standard InChI is InChI=1S/C9H15N3O3S/c13-16(14,9-1-2-10-6-9)12-5-8-7-15-4-3-11-8/h1-2,6,8,10-12H,3-5,7H2. The lowest BCUT2D eigenvalue weighted by atomic mass is 10.3. The number of hydrogen-bond donors (Lipinski definition) is 3. The highest BCUT2D eigenvalue weighted by Crippen LogP contribution is 2.06. The topological polar surface area (TPSA) is 83.2 Å². The van der Waals surface area contributed by atoms with Crippen LogP contribution in [-0.2, 0) is 14.8 Å². The van der Waals surface area contributed by atoms with E-state index < -0.39 is 10.0 Å². The van der Waals surface area contributed by atoms with E-state index in [9.17, 15) is 8.42 Å². The smallest absolute Gasteiger partial charge is 0.242 e. The Kier molecular flexibility index (Phi) is 3.59. The minimum Gasteiger partial charge on any atom is -0.378 e. The van der Waals surface area contributed by atoms with Crippen LogP contribution in [0.5, 0.6) is 0 Å². The summed E-state index contributed by atoms with van der Waals surface area (Å²) >= 11 is 0. The second-order valence-electron chi connectivity index (χ2n) is 3.62. The van der Waals surface area contributed by atoms with Crippen molar-refractivity contribution in [3.8, 4) is 0 Å². The van der Waals surface area contributed by atoms with Gasteiger partial charge in [-0.05, 0) is 6.07 Å². The van der Waals surface area contributed by atoms with Gasteiger partial charge >= 0.3 is 0 Å². The average molecular weight is 245 g/mol. The number of morpholine rings is 1. The monoisotopic (exact) mass is 245 g/mol. The van der Waals surface area contributed by atoms with E-state index in [2.05, 4.69) is 15.0 Å². The highest BCUT2D eigenvalue weighted by atomic mass is 32.2. The Balaban J connectivity index is 1.89. The van der Waals surface area contributed by atoms with Crippen molar-refractivity contribution in [3.05, 3.63) is 18.5 Å². The molecule has 1 aromatic rings. The minimum absolute atomic E-state index is 0.0440. The Labute approximate surface area is 94.4 Å². The normalized spacial score (nSPS) is 22.1. The Morgan fingerprint density at radius 3 is 3.06 bits per heavy atom. The molecule has 16 heavy (non-hydrogen) atoms. The molecule has 0 aromatic carbocycles. The first-order valence-corrected chi connectivity index (χ1v) is 6.60. The minimum atomic E-state index is -3.39. The third-order valence-corrected chi connectivity index (χ3v) is 3.82. The van der Waals surface area contributed by atoms with Gasteiger partial charge in [0.05, 0.1) is 18.1 Å². The van der Waals surface area contributed by atoms with Crippen LogP contribution in [0.4, 0.5) is 0 Å². The average Bonchev–Trinajstić information content (AvgIpc) is 2.82. The first-order valence-electron chi connectivity index (χ1n) is 5.12. The zero-order valence-corrected chi connectivity index (χ0v) is 9.59. The summed E-state index contributed by atoms with van der Waals surface area (Å²) in [5.41, 5.74) is 0. The predicted molar refractivity (Wildman–Crippen MR) is 58.6 cm³/mol. The van der Waals surface area contributed by atoms with Crippen LogP contribution in [0.1, 0.15) is 0 Å². The Morgan fingerprint density at radius 1 is 1.56 bits per heavy atom. The van der Waals surface area contributed by atoms with Crippen LogP contribution in [-0.4, -0.2) is 45.7 Å². The van der Waals surface area contributed by atoms with Gasteiger partial charge in [-0.25, -0.2) is 13.1 Å². The SMILES string of the molecule is O=S(=O)(NCC1COCCN1)c1cc[nH]c1. The summed E-state index contributed by atoms with van der Waals surface area (Å²) < 4.78 is 31.2. The van der Waals surface area contributed by atoms with Gasteiger partial charge in [0, 0.05) is 31.5 Å². The number of aromatic amines is 1. The van der Waals surface area contributed by atoms with Crippen LogP contribution in [0, 0.1) is 0 Å². The van der Waals surface area contributed by atoms with Crippen molar-refractivity contribution in [2.75, 3.05) is 26.3 Å². The molecule has 0 radical (unpaired) electrons. The van der Waals surface area contributed by atoms with Crippen molar-refractivity contribution in [3.63, 3.8) is 0 Å². The van der Waals surface area contributed by atoms with Crippen LogP contribution in [0.3, 0.4) is 0 Å². The summed E-state index contributed by atoms with van der Waals surface area (Å²) in [5, 5.41) is 3.18. The number of rotatable bonds is 4. The first kappa shape index (κ1) is 11.6. The fourth-order valence-electron chi connectivity index (χ4n) is 1.52. The molecule has 0 spiro atoms. The number of nitrogens with one attached hydrogen (secondary N) is 3. The van der Waals surface area contributed by atoms with Crippen molar-refractivity contribution >= 4 is 10.0 Å². The molecule has 1 aliphatic rings. The van der Waals surface area contributed by atoms with Gasteiger partial charge in [-0.2, -0.15) is 0 Å². The van der Waals surface area contributed by atoms with Crippen molar-refractivity contribution in [1.82, 2.24) is 15.0 Å². The highest BCUT2D eigenvalue weighted by molar-refractivity contribution is 7.89. The molecule has 2 heterocycles. The molecule has 0 saturated carbocycles. The molecular formula is C9H15N3O3S.